The molecular formula is C27H35N5O3. The van der Waals surface area contributed by atoms with Crippen LogP contribution in [0.1, 0.15) is 42.9 Å². The zero-order valence-corrected chi connectivity index (χ0v) is 20.2. The molecule has 4 atom stereocenters. The van der Waals surface area contributed by atoms with Gasteiger partial charge in [0.05, 0.1) is 12.1 Å². The van der Waals surface area contributed by atoms with Crippen molar-refractivity contribution in [3.05, 3.63) is 65.2 Å². The number of nitrogens with zero attached hydrogens (tertiary/aromatic N) is 1. The molecule has 1 heterocycles. The van der Waals surface area contributed by atoms with Crippen molar-refractivity contribution in [2.75, 3.05) is 11.9 Å². The number of hydrogen-bond donors (Lipinski definition) is 4. The van der Waals surface area contributed by atoms with Crippen LogP contribution >= 0.6 is 0 Å². The average molecular weight is 478 g/mol. The molecular weight excluding hydrogens is 442 g/mol. The van der Waals surface area contributed by atoms with Crippen molar-refractivity contribution in [1.29, 1.82) is 0 Å². The van der Waals surface area contributed by atoms with Gasteiger partial charge in [0.15, 0.2) is 0 Å². The molecule has 1 fully saturated rings. The number of hydrogen-bond acceptors (Lipinski definition) is 5. The van der Waals surface area contributed by atoms with Crippen LogP contribution < -0.4 is 22.1 Å². The number of rotatable bonds is 8. The predicted molar refractivity (Wildman–Crippen MR) is 136 cm³/mol. The van der Waals surface area contributed by atoms with Gasteiger partial charge in [0, 0.05) is 18.3 Å². The van der Waals surface area contributed by atoms with Gasteiger partial charge in [-0.15, -0.1) is 0 Å². The van der Waals surface area contributed by atoms with Crippen LogP contribution in [-0.2, 0) is 33.6 Å². The third-order valence-corrected chi connectivity index (χ3v) is 6.92. The van der Waals surface area contributed by atoms with Crippen LogP contribution in [0.2, 0.25) is 0 Å². The minimum Gasteiger partial charge on any atom is -0.350 e. The van der Waals surface area contributed by atoms with E-state index in [0.29, 0.717) is 19.3 Å². The molecule has 1 saturated heterocycles. The monoisotopic (exact) mass is 477 g/mol. The van der Waals surface area contributed by atoms with Crippen LogP contribution in [-0.4, -0.2) is 53.3 Å². The fourth-order valence-electron chi connectivity index (χ4n) is 4.94. The van der Waals surface area contributed by atoms with Crippen molar-refractivity contribution in [3.8, 4) is 0 Å². The first-order valence-corrected chi connectivity index (χ1v) is 12.4. The Labute approximate surface area is 206 Å². The van der Waals surface area contributed by atoms with Crippen molar-refractivity contribution in [2.45, 2.75) is 69.6 Å². The Kier molecular flexibility index (Phi) is 7.83. The second-order valence-electron chi connectivity index (χ2n) is 9.69. The Morgan fingerprint density at radius 1 is 1.06 bits per heavy atom. The maximum atomic E-state index is 13.3. The summed E-state index contributed by atoms with van der Waals surface area (Å²) in [6, 6.07) is 13.3. The number of benzene rings is 2. The van der Waals surface area contributed by atoms with E-state index in [1.807, 2.05) is 42.5 Å². The van der Waals surface area contributed by atoms with Crippen LogP contribution in [0.4, 0.5) is 5.69 Å². The lowest BCUT2D eigenvalue weighted by molar-refractivity contribution is -0.137. The third-order valence-electron chi connectivity index (χ3n) is 6.92. The molecule has 2 aromatic carbocycles. The fraction of sp³-hybridized carbons (Fsp3) is 0.444. The molecule has 1 aliphatic heterocycles. The number of anilines is 1. The minimum atomic E-state index is -0.742. The molecule has 0 aromatic heterocycles. The van der Waals surface area contributed by atoms with Gasteiger partial charge in [0.2, 0.25) is 17.7 Å². The van der Waals surface area contributed by atoms with Crippen molar-refractivity contribution in [1.82, 2.24) is 10.2 Å². The van der Waals surface area contributed by atoms with Crippen LogP contribution in [0.3, 0.4) is 0 Å². The summed E-state index contributed by atoms with van der Waals surface area (Å²) in [5.74, 6) is -0.868. The van der Waals surface area contributed by atoms with E-state index < -0.39 is 18.1 Å². The molecule has 0 radical (unpaired) electrons. The predicted octanol–water partition coefficient (Wildman–Crippen LogP) is 1.51. The highest BCUT2D eigenvalue weighted by Gasteiger charge is 2.41. The summed E-state index contributed by atoms with van der Waals surface area (Å²) < 4.78 is 0. The van der Waals surface area contributed by atoms with Gasteiger partial charge < -0.3 is 27.0 Å². The Morgan fingerprint density at radius 3 is 2.54 bits per heavy atom. The second kappa shape index (κ2) is 11.0. The standard InChI is InChI=1S/C27H35N5O3/c1-17(28)25(33)31-22-15-24(26(34)30-21-12-11-19-8-5-9-20(19)14-21)32(16-22)27(35)23(29)13-10-18-6-3-2-4-7-18/h2-4,6-7,11-12,14,17,22-24H,5,8-10,13,15-16,28-29H2,1H3,(H,30,34)(H,31,33)/t17-,22+,23-,24-/m0/s1. The normalized spacial score (nSPS) is 20.7. The lowest BCUT2D eigenvalue weighted by Crippen LogP contribution is -2.50. The molecule has 35 heavy (non-hydrogen) atoms. The quantitative estimate of drug-likeness (QED) is 0.458. The summed E-state index contributed by atoms with van der Waals surface area (Å²) in [4.78, 5) is 40.3. The molecule has 0 unspecified atom stereocenters. The lowest BCUT2D eigenvalue weighted by Gasteiger charge is -2.26. The summed E-state index contributed by atoms with van der Waals surface area (Å²) in [5, 5.41) is 5.84. The molecule has 8 nitrogen and oxygen atoms in total. The first-order chi connectivity index (χ1) is 16.8. The molecule has 0 saturated carbocycles. The summed E-state index contributed by atoms with van der Waals surface area (Å²) in [7, 11) is 0. The van der Waals surface area contributed by atoms with E-state index in [0.717, 1.165) is 30.5 Å². The number of aryl methyl sites for hydroxylation is 3. The van der Waals surface area contributed by atoms with Crippen LogP contribution in [0.15, 0.2) is 48.5 Å². The maximum Gasteiger partial charge on any atom is 0.247 e. The van der Waals surface area contributed by atoms with Gasteiger partial charge in [-0.25, -0.2) is 0 Å². The van der Waals surface area contributed by atoms with Gasteiger partial charge >= 0.3 is 0 Å². The van der Waals surface area contributed by atoms with Crippen molar-refractivity contribution in [2.24, 2.45) is 11.5 Å². The molecule has 6 N–H and O–H groups in total. The Balaban J connectivity index is 1.45. The van der Waals surface area contributed by atoms with Crippen molar-refractivity contribution in [3.63, 3.8) is 0 Å². The molecule has 0 spiro atoms. The van der Waals surface area contributed by atoms with Crippen LogP contribution in [0, 0.1) is 0 Å². The highest BCUT2D eigenvalue weighted by atomic mass is 16.2. The van der Waals surface area contributed by atoms with Gasteiger partial charge in [0.25, 0.3) is 0 Å². The molecule has 2 aliphatic rings. The first kappa shape index (κ1) is 24.9. The van der Waals surface area contributed by atoms with E-state index in [1.165, 1.54) is 16.0 Å². The van der Waals surface area contributed by atoms with Gasteiger partial charge in [0.1, 0.15) is 6.04 Å². The molecule has 8 heteroatoms. The second-order valence-corrected chi connectivity index (χ2v) is 9.69. The van der Waals surface area contributed by atoms with Crippen molar-refractivity contribution >= 4 is 23.4 Å². The van der Waals surface area contributed by atoms with E-state index in [9.17, 15) is 14.4 Å². The zero-order chi connectivity index (χ0) is 24.9. The Morgan fingerprint density at radius 2 is 1.80 bits per heavy atom. The molecule has 2 aromatic rings. The number of fused-ring (bicyclic) bond motifs is 1. The average Bonchev–Trinajstić information content (AvgIpc) is 3.49. The molecule has 1 aliphatic carbocycles. The Bertz CT molecular complexity index is 1070. The van der Waals surface area contributed by atoms with E-state index in [-0.39, 0.29) is 30.3 Å². The minimum absolute atomic E-state index is 0.221. The highest BCUT2D eigenvalue weighted by Crippen LogP contribution is 2.26. The smallest absolute Gasteiger partial charge is 0.247 e. The van der Waals surface area contributed by atoms with Crippen LogP contribution in [0.25, 0.3) is 0 Å². The van der Waals surface area contributed by atoms with Gasteiger partial charge in [-0.2, -0.15) is 0 Å². The largest absolute Gasteiger partial charge is 0.350 e. The van der Waals surface area contributed by atoms with E-state index in [2.05, 4.69) is 16.7 Å². The SMILES string of the molecule is C[C@H](N)C(=O)N[C@@H]1C[C@@H](C(=O)Nc2ccc3c(c2)CCC3)N(C(=O)[C@@H](N)CCc2ccccc2)C1. The van der Waals surface area contributed by atoms with E-state index in [1.54, 1.807) is 6.92 Å². The summed E-state index contributed by atoms with van der Waals surface area (Å²) in [5.41, 5.74) is 16.4. The van der Waals surface area contributed by atoms with E-state index >= 15 is 0 Å². The lowest BCUT2D eigenvalue weighted by atomic mass is 10.0. The van der Waals surface area contributed by atoms with Gasteiger partial charge in [-0.3, -0.25) is 14.4 Å². The zero-order valence-electron chi connectivity index (χ0n) is 20.2. The molecule has 0 bridgehead atoms. The highest BCUT2D eigenvalue weighted by molar-refractivity contribution is 5.98. The number of carbonyl (C=O) groups is 3. The molecule has 4 rings (SSSR count). The molecule has 3 amide bonds. The first-order valence-electron chi connectivity index (χ1n) is 12.4. The van der Waals surface area contributed by atoms with Gasteiger partial charge in [-0.05, 0) is 74.3 Å². The third kappa shape index (κ3) is 6.07. The number of likely N-dealkylation sites (tertiary alicyclic amines) is 1. The number of nitrogens with one attached hydrogen (secondary N) is 2. The summed E-state index contributed by atoms with van der Waals surface area (Å²) in [6.45, 7) is 1.82. The summed E-state index contributed by atoms with van der Waals surface area (Å²) in [6.07, 6.45) is 4.64. The van der Waals surface area contributed by atoms with Crippen molar-refractivity contribution < 1.29 is 14.4 Å². The van der Waals surface area contributed by atoms with E-state index in [4.69, 9.17) is 11.5 Å². The number of nitrogens with two attached hydrogens (primary N) is 2. The fourth-order valence-corrected chi connectivity index (χ4v) is 4.94. The molecule has 186 valence electrons. The number of amides is 3. The topological polar surface area (TPSA) is 131 Å². The number of carbonyl (C=O) groups excluding carboxylic acids is 3. The van der Waals surface area contributed by atoms with Gasteiger partial charge in [-0.1, -0.05) is 36.4 Å². The summed E-state index contributed by atoms with van der Waals surface area (Å²) >= 11 is 0. The Hall–Kier alpha value is -3.23. The maximum absolute atomic E-state index is 13.3. The van der Waals surface area contributed by atoms with Crippen LogP contribution in [0.5, 0.6) is 0 Å².